The van der Waals surface area contributed by atoms with Gasteiger partial charge in [-0.2, -0.15) is 0 Å². The third kappa shape index (κ3) is 6.25. The highest BCUT2D eigenvalue weighted by molar-refractivity contribution is 5.94. The summed E-state index contributed by atoms with van der Waals surface area (Å²) >= 11 is 0. The number of piperazine rings is 1. The van der Waals surface area contributed by atoms with Gasteiger partial charge in [0, 0.05) is 45.5 Å². The van der Waals surface area contributed by atoms with Crippen LogP contribution in [0.5, 0.6) is 0 Å². The van der Waals surface area contributed by atoms with Crippen LogP contribution in [0.1, 0.15) is 37.8 Å². The Labute approximate surface area is 199 Å². The molecule has 1 aromatic carbocycles. The lowest BCUT2D eigenvalue weighted by Crippen LogP contribution is -2.43. The third-order valence-corrected chi connectivity index (χ3v) is 5.58. The summed E-state index contributed by atoms with van der Waals surface area (Å²) in [5.74, 6) is 0.966. The minimum absolute atomic E-state index is 0.303. The maximum absolute atomic E-state index is 13.6. The van der Waals surface area contributed by atoms with Gasteiger partial charge in [-0.25, -0.2) is 18.9 Å². The molecular weight excluding hydrogens is 433 g/mol. The first-order chi connectivity index (χ1) is 16.5. The Morgan fingerprint density at radius 2 is 2.00 bits per heavy atom. The standard InChI is InChI=1S/C25H32FN7O/c1-18(2)17-22(27)29-24-21-5-3-13-33(21)31-25(30-24)23(19-6-8-20(26)9-7-19)34-16-4-12-32-14-10-28-11-15-32/h3,5-9,13,17,23,28H,4,10-12,14-16H2,1-2H3,(H2,27,29,30,31). The van der Waals surface area contributed by atoms with Crippen LogP contribution in [-0.2, 0) is 4.74 Å². The Hall–Kier alpha value is -3.14. The molecule has 1 aliphatic heterocycles. The van der Waals surface area contributed by atoms with Gasteiger partial charge in [0.05, 0.1) is 0 Å². The van der Waals surface area contributed by atoms with E-state index in [1.54, 1.807) is 22.7 Å². The van der Waals surface area contributed by atoms with Crippen molar-refractivity contribution in [3.05, 3.63) is 71.4 Å². The number of allylic oxidation sites excluding steroid dienone is 1. The van der Waals surface area contributed by atoms with Crippen molar-refractivity contribution in [1.82, 2.24) is 24.8 Å². The number of nitrogens with one attached hydrogen (secondary N) is 1. The molecule has 1 atom stereocenters. The van der Waals surface area contributed by atoms with Crippen molar-refractivity contribution >= 4 is 17.2 Å². The number of hydrogen-bond acceptors (Lipinski definition) is 6. The fraction of sp³-hybridized carbons (Fsp3) is 0.400. The molecule has 34 heavy (non-hydrogen) atoms. The molecule has 1 aliphatic rings. The van der Waals surface area contributed by atoms with Crippen LogP contribution < -0.4 is 11.1 Å². The van der Waals surface area contributed by atoms with Crippen LogP contribution in [0.4, 0.5) is 10.2 Å². The maximum atomic E-state index is 13.6. The molecule has 9 heteroatoms. The monoisotopic (exact) mass is 465 g/mol. The number of rotatable bonds is 9. The smallest absolute Gasteiger partial charge is 0.185 e. The Balaban J connectivity index is 1.61. The van der Waals surface area contributed by atoms with Crippen molar-refractivity contribution in [3.8, 4) is 0 Å². The number of nitrogens with two attached hydrogens (primary N) is 1. The number of amidine groups is 1. The number of nitrogens with zero attached hydrogens (tertiary/aromatic N) is 5. The Kier molecular flexibility index (Phi) is 7.99. The fourth-order valence-electron chi connectivity index (χ4n) is 3.96. The van der Waals surface area contributed by atoms with Gasteiger partial charge >= 0.3 is 0 Å². The zero-order valence-electron chi connectivity index (χ0n) is 19.7. The first kappa shape index (κ1) is 24.0. The molecule has 3 heterocycles. The van der Waals surface area contributed by atoms with Crippen LogP contribution in [0.3, 0.4) is 0 Å². The average Bonchev–Trinajstić information content (AvgIpc) is 3.29. The van der Waals surface area contributed by atoms with Crippen LogP contribution in [-0.4, -0.2) is 64.7 Å². The molecule has 0 aliphatic carbocycles. The van der Waals surface area contributed by atoms with Gasteiger partial charge in [-0.3, -0.25) is 0 Å². The van der Waals surface area contributed by atoms with Crippen LogP contribution in [0, 0.1) is 5.82 Å². The molecular formula is C25H32FN7O. The van der Waals surface area contributed by atoms with Crippen molar-refractivity contribution in [2.75, 3.05) is 39.3 Å². The lowest BCUT2D eigenvalue weighted by Gasteiger charge is -2.27. The summed E-state index contributed by atoms with van der Waals surface area (Å²) in [6, 6.07) is 10.0. The Morgan fingerprint density at radius 3 is 2.74 bits per heavy atom. The molecule has 4 rings (SSSR count). The molecule has 0 spiro atoms. The van der Waals surface area contributed by atoms with Gasteiger partial charge in [0.2, 0.25) is 0 Å². The molecule has 3 aromatic rings. The number of fused-ring (bicyclic) bond motifs is 1. The van der Waals surface area contributed by atoms with E-state index in [4.69, 9.17) is 15.5 Å². The molecule has 1 saturated heterocycles. The summed E-state index contributed by atoms with van der Waals surface area (Å²) in [7, 11) is 0. The number of benzene rings is 1. The van der Waals surface area contributed by atoms with E-state index in [0.717, 1.165) is 55.8 Å². The van der Waals surface area contributed by atoms with E-state index in [1.165, 1.54) is 12.1 Å². The minimum Gasteiger partial charge on any atom is -0.384 e. The largest absolute Gasteiger partial charge is 0.384 e. The zero-order chi connectivity index (χ0) is 23.9. The normalized spacial score (nSPS) is 16.0. The molecule has 1 unspecified atom stereocenters. The van der Waals surface area contributed by atoms with E-state index in [0.29, 0.717) is 24.1 Å². The van der Waals surface area contributed by atoms with E-state index < -0.39 is 6.10 Å². The topological polar surface area (TPSA) is 93.1 Å². The van der Waals surface area contributed by atoms with Gasteiger partial charge in [0.25, 0.3) is 0 Å². The van der Waals surface area contributed by atoms with E-state index in [1.807, 2.05) is 32.2 Å². The summed E-state index contributed by atoms with van der Waals surface area (Å²) in [5, 5.41) is 8.04. The summed E-state index contributed by atoms with van der Waals surface area (Å²) in [6.07, 6.45) is 3.95. The summed E-state index contributed by atoms with van der Waals surface area (Å²) in [4.78, 5) is 11.7. The SMILES string of the molecule is CC(C)=CC(N)=Nc1nc(C(OCCCN2CCNCC2)c2ccc(F)cc2)nn2cccc12. The van der Waals surface area contributed by atoms with Gasteiger partial charge < -0.3 is 20.7 Å². The first-order valence-electron chi connectivity index (χ1n) is 11.6. The van der Waals surface area contributed by atoms with Crippen LogP contribution in [0.25, 0.3) is 5.52 Å². The number of hydrogen-bond donors (Lipinski definition) is 2. The summed E-state index contributed by atoms with van der Waals surface area (Å²) < 4.78 is 21.6. The first-order valence-corrected chi connectivity index (χ1v) is 11.6. The number of aromatic nitrogens is 3. The molecule has 0 amide bonds. The predicted molar refractivity (Wildman–Crippen MR) is 132 cm³/mol. The van der Waals surface area contributed by atoms with Crippen molar-refractivity contribution in [2.45, 2.75) is 26.4 Å². The van der Waals surface area contributed by atoms with Crippen LogP contribution in [0.2, 0.25) is 0 Å². The van der Waals surface area contributed by atoms with E-state index in [9.17, 15) is 4.39 Å². The maximum Gasteiger partial charge on any atom is 0.185 e. The minimum atomic E-state index is -0.561. The van der Waals surface area contributed by atoms with Crippen molar-refractivity contribution in [2.24, 2.45) is 10.7 Å². The highest BCUT2D eigenvalue weighted by atomic mass is 19.1. The molecule has 0 saturated carbocycles. The van der Waals surface area contributed by atoms with E-state index >= 15 is 0 Å². The van der Waals surface area contributed by atoms with Crippen LogP contribution in [0.15, 0.2) is 59.2 Å². The zero-order valence-corrected chi connectivity index (χ0v) is 19.7. The quantitative estimate of drug-likeness (QED) is 0.286. The van der Waals surface area contributed by atoms with Crippen molar-refractivity contribution in [1.29, 1.82) is 0 Å². The number of halogens is 1. The third-order valence-electron chi connectivity index (χ3n) is 5.58. The highest BCUT2D eigenvalue weighted by Gasteiger charge is 2.21. The lowest BCUT2D eigenvalue weighted by molar-refractivity contribution is 0.0645. The molecule has 1 fully saturated rings. The summed E-state index contributed by atoms with van der Waals surface area (Å²) in [6.45, 7) is 9.53. The van der Waals surface area contributed by atoms with Crippen molar-refractivity contribution in [3.63, 3.8) is 0 Å². The van der Waals surface area contributed by atoms with Crippen LogP contribution >= 0.6 is 0 Å². The molecule has 0 bridgehead atoms. The van der Waals surface area contributed by atoms with Gasteiger partial charge in [-0.1, -0.05) is 17.7 Å². The molecule has 0 radical (unpaired) electrons. The summed E-state index contributed by atoms with van der Waals surface area (Å²) in [5.41, 5.74) is 8.67. The van der Waals surface area contributed by atoms with Gasteiger partial charge in [0.15, 0.2) is 11.6 Å². The second kappa shape index (κ2) is 11.3. The lowest BCUT2D eigenvalue weighted by atomic mass is 10.1. The molecule has 3 N–H and O–H groups in total. The number of ether oxygens (including phenoxy) is 1. The second-order valence-corrected chi connectivity index (χ2v) is 8.64. The van der Waals surface area contributed by atoms with Gasteiger partial charge in [0.1, 0.15) is 23.3 Å². The van der Waals surface area contributed by atoms with E-state index in [2.05, 4.69) is 20.3 Å². The molecule has 2 aromatic heterocycles. The molecule has 180 valence electrons. The fourth-order valence-corrected chi connectivity index (χ4v) is 3.96. The second-order valence-electron chi connectivity index (χ2n) is 8.64. The van der Waals surface area contributed by atoms with E-state index in [-0.39, 0.29) is 5.82 Å². The molecule has 8 nitrogen and oxygen atoms in total. The van der Waals surface area contributed by atoms with Crippen molar-refractivity contribution < 1.29 is 9.13 Å². The van der Waals surface area contributed by atoms with Gasteiger partial charge in [-0.05, 0) is 56.2 Å². The number of aliphatic imine (C=N–C) groups is 1. The highest BCUT2D eigenvalue weighted by Crippen LogP contribution is 2.27. The Morgan fingerprint density at radius 1 is 1.24 bits per heavy atom. The van der Waals surface area contributed by atoms with Gasteiger partial charge in [-0.15, -0.1) is 5.10 Å². The average molecular weight is 466 g/mol. The Bertz CT molecular complexity index is 1150. The predicted octanol–water partition coefficient (Wildman–Crippen LogP) is 3.22.